The Bertz CT molecular complexity index is 633. The van der Waals surface area contributed by atoms with Crippen LogP contribution in [0.4, 0.5) is 4.39 Å². The Morgan fingerprint density at radius 3 is 2.65 bits per heavy atom. The van der Waals surface area contributed by atoms with Gasteiger partial charge in [-0.2, -0.15) is 0 Å². The topological polar surface area (TPSA) is 9.23 Å². The fourth-order valence-electron chi connectivity index (χ4n) is 4.85. The maximum absolute atomic E-state index is 14.4. The molecule has 1 nitrogen and oxygen atoms in total. The van der Waals surface area contributed by atoms with Crippen LogP contribution in [0.15, 0.2) is 42.5 Å². The number of halogens is 1. The number of allylic oxidation sites excluding steroid dienone is 3. The predicted molar refractivity (Wildman–Crippen MR) is 107 cm³/mol. The van der Waals surface area contributed by atoms with Crippen molar-refractivity contribution in [1.29, 1.82) is 0 Å². The molecule has 2 fully saturated rings. The summed E-state index contributed by atoms with van der Waals surface area (Å²) in [6, 6.07) is 5.60. The molecule has 0 heterocycles. The number of ether oxygens (including phenoxy) is 1. The van der Waals surface area contributed by atoms with E-state index in [2.05, 4.69) is 25.1 Å². The van der Waals surface area contributed by atoms with Gasteiger partial charge in [0, 0.05) is 0 Å². The van der Waals surface area contributed by atoms with Crippen molar-refractivity contribution in [1.82, 2.24) is 0 Å². The van der Waals surface area contributed by atoms with Crippen molar-refractivity contribution >= 4 is 0 Å². The Balaban J connectivity index is 1.59. The van der Waals surface area contributed by atoms with Gasteiger partial charge in [-0.15, -0.1) is 0 Å². The summed E-state index contributed by atoms with van der Waals surface area (Å²) < 4.78 is 19.9. The van der Waals surface area contributed by atoms with Crippen molar-refractivity contribution in [3.63, 3.8) is 0 Å². The smallest absolute Gasteiger partial charge is 0.165 e. The third-order valence-electron chi connectivity index (χ3n) is 6.30. The maximum atomic E-state index is 14.4. The van der Waals surface area contributed by atoms with Crippen molar-refractivity contribution in [2.24, 2.45) is 17.8 Å². The van der Waals surface area contributed by atoms with Gasteiger partial charge in [0.15, 0.2) is 11.6 Å². The van der Waals surface area contributed by atoms with Crippen molar-refractivity contribution in [2.45, 2.75) is 64.7 Å². The summed E-state index contributed by atoms with van der Waals surface area (Å²) in [6.45, 7) is 4.57. The van der Waals surface area contributed by atoms with Crippen molar-refractivity contribution < 1.29 is 9.13 Å². The summed E-state index contributed by atoms with van der Waals surface area (Å²) in [6.07, 6.45) is 17.5. The summed E-state index contributed by atoms with van der Waals surface area (Å²) in [5, 5.41) is 0. The van der Waals surface area contributed by atoms with E-state index in [0.29, 0.717) is 18.3 Å². The second-order valence-corrected chi connectivity index (χ2v) is 8.01. The van der Waals surface area contributed by atoms with E-state index in [4.69, 9.17) is 4.74 Å². The average Bonchev–Trinajstić information content (AvgIpc) is 2.67. The molecule has 1 aromatic carbocycles. The van der Waals surface area contributed by atoms with Crippen LogP contribution >= 0.6 is 0 Å². The first-order valence-electron chi connectivity index (χ1n) is 10.4. The van der Waals surface area contributed by atoms with Gasteiger partial charge in [-0.25, -0.2) is 4.39 Å². The molecule has 2 aliphatic rings. The quantitative estimate of drug-likeness (QED) is 0.496. The molecule has 0 spiro atoms. The van der Waals surface area contributed by atoms with E-state index in [1.54, 1.807) is 6.07 Å². The molecule has 0 radical (unpaired) electrons. The minimum atomic E-state index is -0.220. The summed E-state index contributed by atoms with van der Waals surface area (Å²) in [4.78, 5) is 0. The lowest BCUT2D eigenvalue weighted by Crippen LogP contribution is -2.30. The van der Waals surface area contributed by atoms with Gasteiger partial charge in [-0.3, -0.25) is 0 Å². The minimum Gasteiger partial charge on any atom is -0.486 e. The van der Waals surface area contributed by atoms with Crippen LogP contribution < -0.4 is 4.74 Å². The van der Waals surface area contributed by atoms with Crippen molar-refractivity contribution in [3.8, 4) is 5.75 Å². The van der Waals surface area contributed by atoms with Gasteiger partial charge in [0.1, 0.15) is 6.61 Å². The van der Waals surface area contributed by atoms with Crippen LogP contribution in [0.5, 0.6) is 5.75 Å². The summed E-state index contributed by atoms with van der Waals surface area (Å²) >= 11 is 0. The van der Waals surface area contributed by atoms with E-state index in [0.717, 1.165) is 29.7 Å². The molecular weight excluding hydrogens is 323 g/mol. The summed E-state index contributed by atoms with van der Waals surface area (Å²) in [5.41, 5.74) is 1.16. The van der Waals surface area contributed by atoms with Gasteiger partial charge < -0.3 is 4.74 Å². The Morgan fingerprint density at radius 1 is 1.08 bits per heavy atom. The molecule has 0 saturated heterocycles. The van der Waals surface area contributed by atoms with Crippen LogP contribution in [-0.2, 0) is 0 Å². The van der Waals surface area contributed by atoms with E-state index in [9.17, 15) is 4.39 Å². The normalized spacial score (nSPS) is 29.2. The zero-order valence-electron chi connectivity index (χ0n) is 16.3. The van der Waals surface area contributed by atoms with E-state index < -0.39 is 0 Å². The first-order chi connectivity index (χ1) is 12.7. The monoisotopic (exact) mass is 356 g/mol. The van der Waals surface area contributed by atoms with E-state index in [-0.39, 0.29) is 5.82 Å². The lowest BCUT2D eigenvalue weighted by molar-refractivity contribution is 0.133. The van der Waals surface area contributed by atoms with Crippen LogP contribution in [0.25, 0.3) is 0 Å². The molecule has 2 heteroatoms. The number of hydrogen-bond acceptors (Lipinski definition) is 1. The first kappa shape index (κ1) is 19.2. The molecule has 1 aromatic rings. The van der Waals surface area contributed by atoms with Crippen LogP contribution in [0.1, 0.15) is 70.3 Å². The maximum Gasteiger partial charge on any atom is 0.165 e. The Labute approximate surface area is 158 Å². The molecule has 2 saturated carbocycles. The average molecular weight is 357 g/mol. The van der Waals surface area contributed by atoms with Crippen LogP contribution in [-0.4, -0.2) is 6.61 Å². The van der Waals surface area contributed by atoms with Crippen molar-refractivity contribution in [2.75, 3.05) is 6.61 Å². The van der Waals surface area contributed by atoms with Crippen molar-refractivity contribution in [3.05, 3.63) is 53.9 Å². The molecule has 3 rings (SSSR count). The molecule has 142 valence electrons. The minimum absolute atomic E-state index is 0.220. The molecule has 2 aliphatic carbocycles. The van der Waals surface area contributed by atoms with Crippen LogP contribution in [0.3, 0.4) is 0 Å². The van der Waals surface area contributed by atoms with Gasteiger partial charge in [-0.1, -0.05) is 37.3 Å². The molecule has 0 aromatic heterocycles. The van der Waals surface area contributed by atoms with Gasteiger partial charge in [0.05, 0.1) is 0 Å². The zero-order chi connectivity index (χ0) is 18.4. The van der Waals surface area contributed by atoms with E-state index in [1.807, 2.05) is 25.1 Å². The largest absolute Gasteiger partial charge is 0.486 e. The van der Waals surface area contributed by atoms with E-state index >= 15 is 0 Å². The first-order valence-corrected chi connectivity index (χ1v) is 10.4. The highest BCUT2D eigenvalue weighted by molar-refractivity contribution is 5.32. The van der Waals surface area contributed by atoms with Gasteiger partial charge in [0.25, 0.3) is 0 Å². The third-order valence-corrected chi connectivity index (χ3v) is 6.30. The molecule has 0 amide bonds. The Morgan fingerprint density at radius 2 is 1.88 bits per heavy atom. The fourth-order valence-corrected chi connectivity index (χ4v) is 4.85. The van der Waals surface area contributed by atoms with Gasteiger partial charge >= 0.3 is 0 Å². The molecule has 4 atom stereocenters. The Hall–Kier alpha value is -1.57. The van der Waals surface area contributed by atoms with E-state index in [1.165, 1.54) is 38.5 Å². The van der Waals surface area contributed by atoms with Gasteiger partial charge in [-0.05, 0) is 93.2 Å². The molecule has 26 heavy (non-hydrogen) atoms. The highest BCUT2D eigenvalue weighted by atomic mass is 19.1. The number of rotatable bonds is 6. The van der Waals surface area contributed by atoms with Crippen LogP contribution in [0.2, 0.25) is 0 Å². The molecule has 0 aliphatic heterocycles. The molecule has 0 N–H and O–H groups in total. The number of hydrogen-bond donors (Lipinski definition) is 0. The standard InChI is InChI=1S/C24H33FO/c1-3-5-7-18-8-9-20-16-21(11-10-19(20)15-18)22-12-13-24(23(25)17-22)26-14-6-4-2/h4-7,12-13,17-21H,3,8-11,14-16H2,1-2H3. The molecular formula is C24H33FO. The second-order valence-electron chi connectivity index (χ2n) is 8.01. The number of fused-ring (bicyclic) bond motifs is 1. The number of benzene rings is 1. The molecule has 0 bridgehead atoms. The summed E-state index contributed by atoms with van der Waals surface area (Å²) in [7, 11) is 0. The fraction of sp³-hybridized carbons (Fsp3) is 0.583. The highest BCUT2D eigenvalue weighted by Gasteiger charge is 2.35. The third kappa shape index (κ3) is 4.78. The lowest BCUT2D eigenvalue weighted by atomic mass is 9.64. The Kier molecular flexibility index (Phi) is 6.93. The predicted octanol–water partition coefficient (Wildman–Crippen LogP) is 7.05. The van der Waals surface area contributed by atoms with Crippen LogP contribution in [0, 0.1) is 23.6 Å². The summed E-state index contributed by atoms with van der Waals surface area (Å²) in [5.74, 6) is 3.15. The van der Waals surface area contributed by atoms with Gasteiger partial charge in [0.2, 0.25) is 0 Å². The molecule has 4 unspecified atom stereocenters. The SMILES string of the molecule is CC=CCOc1ccc(C2CCC3CC(C=CCC)CCC3C2)cc1F. The highest BCUT2D eigenvalue weighted by Crippen LogP contribution is 2.48. The zero-order valence-corrected chi connectivity index (χ0v) is 16.3. The second kappa shape index (κ2) is 9.39. The lowest BCUT2D eigenvalue weighted by Gasteiger charge is -2.41.